The van der Waals surface area contributed by atoms with Crippen LogP contribution in [0.4, 0.5) is 0 Å². The third-order valence-corrected chi connectivity index (χ3v) is 6.63. The topological polar surface area (TPSA) is 67.9 Å². The lowest BCUT2D eigenvalue weighted by Crippen LogP contribution is -2.56. The Morgan fingerprint density at radius 2 is 1.77 bits per heavy atom. The van der Waals surface area contributed by atoms with Crippen LogP contribution in [0, 0.1) is 0 Å². The third-order valence-electron chi connectivity index (χ3n) is 6.63. The first-order valence-electron chi connectivity index (χ1n) is 12.0. The Bertz CT molecular complexity index is 758. The number of carbonyl (C=O) groups is 2. The number of ether oxygens (including phenoxy) is 2. The Morgan fingerprint density at radius 3 is 2.45 bits per heavy atom. The second-order valence-corrected chi connectivity index (χ2v) is 8.88. The lowest BCUT2D eigenvalue weighted by Gasteiger charge is -2.35. The molecule has 1 aromatic rings. The number of amides is 2. The SMILES string of the molecule is CCOc1ccc(CCN2C(=O)CC[C@]2(C)C(=O)NC2CCCCCC2)cc1OCC. The molecule has 2 aliphatic rings. The molecule has 3 rings (SSSR count). The van der Waals surface area contributed by atoms with Gasteiger partial charge in [-0.15, -0.1) is 0 Å². The molecule has 0 spiro atoms. The Balaban J connectivity index is 1.67. The van der Waals surface area contributed by atoms with Gasteiger partial charge in [0.05, 0.1) is 13.2 Å². The summed E-state index contributed by atoms with van der Waals surface area (Å²) in [4.78, 5) is 27.7. The minimum atomic E-state index is -0.766. The molecular formula is C25H38N2O4. The smallest absolute Gasteiger partial charge is 0.245 e. The lowest BCUT2D eigenvalue weighted by atomic mass is 9.95. The Hall–Kier alpha value is -2.24. The molecule has 1 saturated heterocycles. The molecular weight excluding hydrogens is 392 g/mol. The van der Waals surface area contributed by atoms with E-state index in [0.29, 0.717) is 39.0 Å². The minimum absolute atomic E-state index is 0.00643. The average molecular weight is 431 g/mol. The number of carbonyl (C=O) groups excluding carboxylic acids is 2. The van der Waals surface area contributed by atoms with Crippen LogP contribution < -0.4 is 14.8 Å². The van der Waals surface area contributed by atoms with Gasteiger partial charge in [0.25, 0.3) is 0 Å². The van der Waals surface area contributed by atoms with Crippen molar-refractivity contribution in [3.8, 4) is 11.5 Å². The van der Waals surface area contributed by atoms with Crippen LogP contribution in [0.3, 0.4) is 0 Å². The molecule has 6 heteroatoms. The van der Waals surface area contributed by atoms with E-state index in [2.05, 4.69) is 5.32 Å². The van der Waals surface area contributed by atoms with E-state index >= 15 is 0 Å². The predicted octanol–water partition coefficient (Wildman–Crippen LogP) is 4.25. The van der Waals surface area contributed by atoms with E-state index in [9.17, 15) is 9.59 Å². The van der Waals surface area contributed by atoms with E-state index in [-0.39, 0.29) is 17.9 Å². The molecule has 1 heterocycles. The summed E-state index contributed by atoms with van der Waals surface area (Å²) in [7, 11) is 0. The van der Waals surface area contributed by atoms with Crippen LogP contribution in [0.25, 0.3) is 0 Å². The molecule has 0 unspecified atom stereocenters. The van der Waals surface area contributed by atoms with Crippen molar-refractivity contribution in [1.29, 1.82) is 0 Å². The molecule has 1 aliphatic heterocycles. The van der Waals surface area contributed by atoms with Crippen molar-refractivity contribution in [1.82, 2.24) is 10.2 Å². The quantitative estimate of drug-likeness (QED) is 0.595. The zero-order valence-electron chi connectivity index (χ0n) is 19.4. The number of benzene rings is 1. The number of rotatable bonds is 9. The molecule has 1 atom stereocenters. The summed E-state index contributed by atoms with van der Waals surface area (Å²) < 4.78 is 11.4. The Kier molecular flexibility index (Phi) is 8.22. The molecule has 0 bridgehead atoms. The first kappa shape index (κ1) is 23.4. The van der Waals surface area contributed by atoms with Crippen LogP contribution in [0.5, 0.6) is 11.5 Å². The summed E-state index contributed by atoms with van der Waals surface area (Å²) in [5, 5.41) is 3.27. The molecule has 2 fully saturated rings. The van der Waals surface area contributed by atoms with Gasteiger partial charge in [-0.25, -0.2) is 0 Å². The van der Waals surface area contributed by atoms with Gasteiger partial charge in [-0.05, 0) is 64.2 Å². The van der Waals surface area contributed by atoms with E-state index in [1.54, 1.807) is 4.90 Å². The highest BCUT2D eigenvalue weighted by Crippen LogP contribution is 2.33. The number of hydrogen-bond acceptors (Lipinski definition) is 4. The van der Waals surface area contributed by atoms with Crippen molar-refractivity contribution in [2.75, 3.05) is 19.8 Å². The largest absolute Gasteiger partial charge is 0.490 e. The fourth-order valence-corrected chi connectivity index (χ4v) is 4.76. The maximum atomic E-state index is 13.2. The van der Waals surface area contributed by atoms with Gasteiger partial charge < -0.3 is 19.7 Å². The van der Waals surface area contributed by atoms with Crippen molar-refractivity contribution in [2.24, 2.45) is 0 Å². The zero-order chi connectivity index (χ0) is 22.3. The van der Waals surface area contributed by atoms with Gasteiger partial charge in [0.15, 0.2) is 11.5 Å². The van der Waals surface area contributed by atoms with Gasteiger partial charge in [0, 0.05) is 19.0 Å². The first-order chi connectivity index (χ1) is 15.0. The van der Waals surface area contributed by atoms with Gasteiger partial charge in [0.2, 0.25) is 11.8 Å². The molecule has 1 aromatic carbocycles. The van der Waals surface area contributed by atoms with E-state index in [4.69, 9.17) is 9.47 Å². The van der Waals surface area contributed by atoms with Crippen LogP contribution >= 0.6 is 0 Å². The summed E-state index contributed by atoms with van der Waals surface area (Å²) in [5.74, 6) is 1.53. The second kappa shape index (κ2) is 10.9. The maximum Gasteiger partial charge on any atom is 0.245 e. The highest BCUT2D eigenvalue weighted by atomic mass is 16.5. The van der Waals surface area contributed by atoms with E-state index in [1.165, 1.54) is 25.7 Å². The molecule has 2 amide bonds. The average Bonchev–Trinajstić information content (AvgIpc) is 2.91. The number of nitrogens with zero attached hydrogens (tertiary/aromatic N) is 1. The zero-order valence-corrected chi connectivity index (χ0v) is 19.4. The predicted molar refractivity (Wildman–Crippen MR) is 121 cm³/mol. The summed E-state index contributed by atoms with van der Waals surface area (Å²) in [6.45, 7) is 7.48. The van der Waals surface area contributed by atoms with Gasteiger partial charge in [-0.2, -0.15) is 0 Å². The molecule has 172 valence electrons. The van der Waals surface area contributed by atoms with Crippen LogP contribution in [0.1, 0.15) is 77.7 Å². The summed E-state index contributed by atoms with van der Waals surface area (Å²) in [5.41, 5.74) is 0.301. The third kappa shape index (κ3) is 5.72. The molecule has 1 saturated carbocycles. The first-order valence-corrected chi connectivity index (χ1v) is 12.0. The van der Waals surface area contributed by atoms with Crippen LogP contribution in [-0.2, 0) is 16.0 Å². The highest BCUT2D eigenvalue weighted by molar-refractivity contribution is 5.94. The maximum absolute atomic E-state index is 13.2. The van der Waals surface area contributed by atoms with Crippen molar-refractivity contribution < 1.29 is 19.1 Å². The monoisotopic (exact) mass is 430 g/mol. The fraction of sp³-hybridized carbons (Fsp3) is 0.680. The van der Waals surface area contributed by atoms with Crippen LogP contribution in [-0.4, -0.2) is 48.1 Å². The van der Waals surface area contributed by atoms with Crippen molar-refractivity contribution >= 4 is 11.8 Å². The van der Waals surface area contributed by atoms with Crippen LogP contribution in [0.2, 0.25) is 0 Å². The van der Waals surface area contributed by atoms with Gasteiger partial charge in [-0.1, -0.05) is 31.7 Å². The molecule has 6 nitrogen and oxygen atoms in total. The summed E-state index contributed by atoms with van der Waals surface area (Å²) >= 11 is 0. The number of likely N-dealkylation sites (tertiary alicyclic amines) is 1. The molecule has 0 aromatic heterocycles. The van der Waals surface area contributed by atoms with Gasteiger partial charge >= 0.3 is 0 Å². The van der Waals surface area contributed by atoms with E-state index < -0.39 is 5.54 Å². The fourth-order valence-electron chi connectivity index (χ4n) is 4.76. The van der Waals surface area contributed by atoms with E-state index in [1.807, 2.05) is 39.0 Å². The standard InChI is InChI=1S/C25H38N2O4/c1-4-30-21-13-12-19(18-22(21)31-5-2)15-17-27-23(28)14-16-25(27,3)24(29)26-20-10-8-6-7-9-11-20/h12-13,18,20H,4-11,14-17H2,1-3H3,(H,26,29)/t25-/m1/s1. The Morgan fingerprint density at radius 1 is 1.10 bits per heavy atom. The number of hydrogen-bond donors (Lipinski definition) is 1. The number of nitrogens with one attached hydrogen (secondary N) is 1. The lowest BCUT2D eigenvalue weighted by molar-refractivity contribution is -0.141. The van der Waals surface area contributed by atoms with Gasteiger partial charge in [0.1, 0.15) is 5.54 Å². The van der Waals surface area contributed by atoms with Crippen molar-refractivity contribution in [2.45, 2.75) is 90.1 Å². The highest BCUT2D eigenvalue weighted by Gasteiger charge is 2.47. The van der Waals surface area contributed by atoms with Crippen LogP contribution in [0.15, 0.2) is 18.2 Å². The molecule has 0 radical (unpaired) electrons. The van der Waals surface area contributed by atoms with Gasteiger partial charge in [-0.3, -0.25) is 9.59 Å². The molecule has 31 heavy (non-hydrogen) atoms. The normalized spacial score (nSPS) is 22.3. The molecule has 1 N–H and O–H groups in total. The van der Waals surface area contributed by atoms with Crippen molar-refractivity contribution in [3.63, 3.8) is 0 Å². The summed E-state index contributed by atoms with van der Waals surface area (Å²) in [6, 6.07) is 6.16. The Labute approximate surface area is 186 Å². The summed E-state index contributed by atoms with van der Waals surface area (Å²) in [6.07, 6.45) is 8.61. The van der Waals surface area contributed by atoms with E-state index in [0.717, 1.165) is 29.9 Å². The molecule has 1 aliphatic carbocycles. The minimum Gasteiger partial charge on any atom is -0.490 e. The second-order valence-electron chi connectivity index (χ2n) is 8.88. The van der Waals surface area contributed by atoms with Crippen molar-refractivity contribution in [3.05, 3.63) is 23.8 Å².